The van der Waals surface area contributed by atoms with Crippen molar-refractivity contribution in [3.63, 3.8) is 0 Å². The van der Waals surface area contributed by atoms with Crippen LogP contribution in [-0.4, -0.2) is 36.0 Å². The number of para-hydroxylation sites is 1. The summed E-state index contributed by atoms with van der Waals surface area (Å²) in [5.74, 6) is 1.04. The molecule has 4 nitrogen and oxygen atoms in total. The first-order valence-corrected chi connectivity index (χ1v) is 7.08. The van der Waals surface area contributed by atoms with Gasteiger partial charge in [-0.15, -0.1) is 0 Å². The Balaban J connectivity index is 1.59. The Bertz CT molecular complexity index is 513. The summed E-state index contributed by atoms with van der Waals surface area (Å²) in [5, 5.41) is 22.2. The number of aliphatic hydroxyl groups is 1. The van der Waals surface area contributed by atoms with Gasteiger partial charge < -0.3 is 20.3 Å². The molecule has 0 amide bonds. The molecule has 112 valence electrons. The van der Waals surface area contributed by atoms with Crippen LogP contribution in [0.4, 0.5) is 0 Å². The minimum absolute atomic E-state index is 0.274. The van der Waals surface area contributed by atoms with Gasteiger partial charge in [0.1, 0.15) is 24.2 Å². The summed E-state index contributed by atoms with van der Waals surface area (Å²) in [6.45, 7) is 1.54. The summed E-state index contributed by atoms with van der Waals surface area (Å²) in [6, 6.07) is 16.6. The van der Waals surface area contributed by atoms with Gasteiger partial charge in [-0.25, -0.2) is 0 Å². The van der Waals surface area contributed by atoms with Crippen molar-refractivity contribution in [2.45, 2.75) is 12.5 Å². The van der Waals surface area contributed by atoms with E-state index in [-0.39, 0.29) is 12.4 Å². The van der Waals surface area contributed by atoms with Crippen molar-refractivity contribution in [2.24, 2.45) is 0 Å². The summed E-state index contributed by atoms with van der Waals surface area (Å²) in [4.78, 5) is 0. The van der Waals surface area contributed by atoms with Gasteiger partial charge in [-0.05, 0) is 42.8 Å². The molecular weight excluding hydrogens is 266 g/mol. The maximum absolute atomic E-state index is 9.82. The lowest BCUT2D eigenvalue weighted by Crippen LogP contribution is -2.32. The Labute approximate surface area is 125 Å². The molecule has 2 aromatic rings. The molecule has 0 saturated carbocycles. The highest BCUT2D eigenvalue weighted by Crippen LogP contribution is 2.10. The van der Waals surface area contributed by atoms with Gasteiger partial charge in [-0.3, -0.25) is 0 Å². The lowest BCUT2D eigenvalue weighted by Gasteiger charge is -2.13. The molecular formula is C17H21NO3. The van der Waals surface area contributed by atoms with Crippen molar-refractivity contribution in [3.05, 3.63) is 60.2 Å². The maximum Gasteiger partial charge on any atom is 0.119 e. The van der Waals surface area contributed by atoms with E-state index < -0.39 is 6.10 Å². The highest BCUT2D eigenvalue weighted by molar-refractivity contribution is 5.26. The smallest absolute Gasteiger partial charge is 0.119 e. The third-order valence-electron chi connectivity index (χ3n) is 3.09. The lowest BCUT2D eigenvalue weighted by atomic mass is 10.1. The highest BCUT2D eigenvalue weighted by Gasteiger charge is 2.04. The predicted molar refractivity (Wildman–Crippen MR) is 82.6 cm³/mol. The second-order valence-corrected chi connectivity index (χ2v) is 4.90. The third-order valence-corrected chi connectivity index (χ3v) is 3.09. The molecule has 0 unspecified atom stereocenters. The Morgan fingerprint density at radius 3 is 2.43 bits per heavy atom. The Morgan fingerprint density at radius 2 is 1.71 bits per heavy atom. The zero-order valence-electron chi connectivity index (χ0n) is 11.9. The molecule has 0 aliphatic carbocycles. The molecule has 0 fully saturated rings. The second kappa shape index (κ2) is 8.29. The number of aliphatic hydroxyl groups excluding tert-OH is 1. The minimum atomic E-state index is -0.537. The van der Waals surface area contributed by atoms with E-state index >= 15 is 0 Å². The topological polar surface area (TPSA) is 61.7 Å². The molecule has 0 aromatic heterocycles. The van der Waals surface area contributed by atoms with Crippen molar-refractivity contribution in [1.29, 1.82) is 0 Å². The fourth-order valence-corrected chi connectivity index (χ4v) is 1.93. The van der Waals surface area contributed by atoms with Crippen molar-refractivity contribution >= 4 is 0 Å². The maximum atomic E-state index is 9.82. The van der Waals surface area contributed by atoms with Crippen LogP contribution in [-0.2, 0) is 6.42 Å². The summed E-state index contributed by atoms with van der Waals surface area (Å²) in [5.41, 5.74) is 1.15. The molecule has 0 spiro atoms. The zero-order valence-corrected chi connectivity index (χ0v) is 11.9. The van der Waals surface area contributed by atoms with E-state index in [1.54, 1.807) is 12.1 Å². The fraction of sp³-hybridized carbons (Fsp3) is 0.294. The normalized spacial score (nSPS) is 12.0. The average Bonchev–Trinajstić information content (AvgIpc) is 2.52. The largest absolute Gasteiger partial charge is 0.508 e. The van der Waals surface area contributed by atoms with Crippen LogP contribution in [0.1, 0.15) is 5.56 Å². The molecule has 2 rings (SSSR count). The molecule has 2 aromatic carbocycles. The molecule has 3 N–H and O–H groups in total. The van der Waals surface area contributed by atoms with Gasteiger partial charge in [0.25, 0.3) is 0 Å². The molecule has 0 bridgehead atoms. The van der Waals surface area contributed by atoms with E-state index in [1.165, 1.54) is 0 Å². The molecule has 0 heterocycles. The van der Waals surface area contributed by atoms with Crippen molar-refractivity contribution in [3.8, 4) is 11.5 Å². The number of nitrogens with one attached hydrogen (secondary N) is 1. The first-order chi connectivity index (χ1) is 10.2. The van der Waals surface area contributed by atoms with E-state index in [1.807, 2.05) is 42.5 Å². The van der Waals surface area contributed by atoms with Crippen LogP contribution in [0.25, 0.3) is 0 Å². The number of ether oxygens (including phenoxy) is 1. The van der Waals surface area contributed by atoms with Gasteiger partial charge in [0, 0.05) is 6.54 Å². The minimum Gasteiger partial charge on any atom is -0.508 e. The van der Waals surface area contributed by atoms with Crippen molar-refractivity contribution in [1.82, 2.24) is 5.32 Å². The van der Waals surface area contributed by atoms with E-state index in [4.69, 9.17) is 4.74 Å². The van der Waals surface area contributed by atoms with Gasteiger partial charge in [0.15, 0.2) is 0 Å². The number of benzene rings is 2. The quantitative estimate of drug-likeness (QED) is 0.650. The lowest BCUT2D eigenvalue weighted by molar-refractivity contribution is 0.106. The Morgan fingerprint density at radius 1 is 1.00 bits per heavy atom. The summed E-state index contributed by atoms with van der Waals surface area (Å²) < 4.78 is 5.48. The van der Waals surface area contributed by atoms with Gasteiger partial charge in [-0.2, -0.15) is 0 Å². The van der Waals surface area contributed by atoms with Gasteiger partial charge in [0.2, 0.25) is 0 Å². The number of phenols is 1. The monoisotopic (exact) mass is 287 g/mol. The van der Waals surface area contributed by atoms with Crippen LogP contribution in [0.5, 0.6) is 11.5 Å². The Hall–Kier alpha value is -2.04. The van der Waals surface area contributed by atoms with Crippen molar-refractivity contribution in [2.75, 3.05) is 19.7 Å². The van der Waals surface area contributed by atoms with E-state index in [9.17, 15) is 10.2 Å². The van der Waals surface area contributed by atoms with Gasteiger partial charge >= 0.3 is 0 Å². The average molecular weight is 287 g/mol. The number of hydrogen-bond acceptors (Lipinski definition) is 4. The summed E-state index contributed by atoms with van der Waals surface area (Å²) in [6.07, 6.45) is 0.317. The van der Waals surface area contributed by atoms with Crippen LogP contribution < -0.4 is 10.1 Å². The second-order valence-electron chi connectivity index (χ2n) is 4.90. The molecule has 1 atom stereocenters. The van der Waals surface area contributed by atoms with E-state index in [0.29, 0.717) is 6.54 Å². The SMILES string of the molecule is Oc1ccc(CCNC[C@H](O)COc2ccccc2)cc1. The van der Waals surface area contributed by atoms with Crippen molar-refractivity contribution < 1.29 is 14.9 Å². The molecule has 0 aliphatic heterocycles. The number of aromatic hydroxyl groups is 1. The third kappa shape index (κ3) is 5.85. The van der Waals surface area contributed by atoms with Gasteiger partial charge in [-0.1, -0.05) is 30.3 Å². The van der Waals surface area contributed by atoms with E-state index in [0.717, 1.165) is 24.3 Å². The van der Waals surface area contributed by atoms with E-state index in [2.05, 4.69) is 5.32 Å². The molecule has 4 heteroatoms. The predicted octanol–water partition coefficient (Wildman–Crippen LogP) is 1.96. The Kier molecular flexibility index (Phi) is 6.06. The standard InChI is InChI=1S/C17H21NO3/c19-15-8-6-14(7-9-15)10-11-18-12-16(20)13-21-17-4-2-1-3-5-17/h1-9,16,18-20H,10-13H2/t16-/m0/s1. The molecule has 0 radical (unpaired) electrons. The van der Waals surface area contributed by atoms with Crippen LogP contribution in [0, 0.1) is 0 Å². The van der Waals surface area contributed by atoms with Gasteiger partial charge in [0.05, 0.1) is 0 Å². The molecule has 21 heavy (non-hydrogen) atoms. The number of rotatable bonds is 8. The fourth-order valence-electron chi connectivity index (χ4n) is 1.93. The number of hydrogen-bond donors (Lipinski definition) is 3. The first kappa shape index (κ1) is 15.4. The number of phenolic OH excluding ortho intramolecular Hbond substituents is 1. The first-order valence-electron chi connectivity index (χ1n) is 7.08. The molecule has 0 saturated heterocycles. The van der Waals surface area contributed by atoms with Crippen LogP contribution in [0.3, 0.4) is 0 Å². The van der Waals surface area contributed by atoms with Crippen LogP contribution in [0.2, 0.25) is 0 Å². The zero-order chi connectivity index (χ0) is 14.9. The van der Waals surface area contributed by atoms with Crippen LogP contribution >= 0.6 is 0 Å². The van der Waals surface area contributed by atoms with Crippen LogP contribution in [0.15, 0.2) is 54.6 Å². The summed E-state index contributed by atoms with van der Waals surface area (Å²) in [7, 11) is 0. The molecule has 0 aliphatic rings. The summed E-state index contributed by atoms with van der Waals surface area (Å²) >= 11 is 0. The highest BCUT2D eigenvalue weighted by atomic mass is 16.5.